The number of benzene rings is 2. The summed E-state index contributed by atoms with van der Waals surface area (Å²) in [6.07, 6.45) is 0. The molecule has 3 rings (SSSR count). The standard InChI is InChI=1S/C21H27N3O2.2ClH/c1-16(20(22)17-7-4-3-5-8-17)21(25)24-13-11-23(12-14-24)18-9-6-10-19(15-18)26-2;;/h3-10,15-16,20H,11-14,22H2,1-2H3;2*1H. The molecular formula is C21H29Cl2N3O2. The van der Waals surface area contributed by atoms with Crippen LogP contribution in [0.15, 0.2) is 54.6 Å². The fraction of sp³-hybridized carbons (Fsp3) is 0.381. The Morgan fingerprint density at radius 1 is 1.00 bits per heavy atom. The molecular weight excluding hydrogens is 397 g/mol. The van der Waals surface area contributed by atoms with Gasteiger partial charge in [0.1, 0.15) is 5.75 Å². The molecule has 2 unspecified atom stereocenters. The maximum atomic E-state index is 12.9. The van der Waals surface area contributed by atoms with Crippen molar-refractivity contribution in [3.8, 4) is 5.75 Å². The van der Waals surface area contributed by atoms with Gasteiger partial charge in [-0.1, -0.05) is 43.3 Å². The van der Waals surface area contributed by atoms with E-state index in [1.807, 2.05) is 60.4 Å². The smallest absolute Gasteiger partial charge is 0.227 e. The highest BCUT2D eigenvalue weighted by molar-refractivity contribution is 5.85. The van der Waals surface area contributed by atoms with E-state index in [-0.39, 0.29) is 42.7 Å². The van der Waals surface area contributed by atoms with Gasteiger partial charge in [-0.05, 0) is 17.7 Å². The zero-order chi connectivity index (χ0) is 18.5. The van der Waals surface area contributed by atoms with Gasteiger partial charge in [0.15, 0.2) is 0 Å². The number of hydrogen-bond acceptors (Lipinski definition) is 4. The highest BCUT2D eigenvalue weighted by Gasteiger charge is 2.29. The van der Waals surface area contributed by atoms with Crippen molar-refractivity contribution >= 4 is 36.4 Å². The first kappa shape index (κ1) is 24.1. The molecule has 28 heavy (non-hydrogen) atoms. The maximum Gasteiger partial charge on any atom is 0.227 e. The first-order valence-electron chi connectivity index (χ1n) is 9.08. The summed E-state index contributed by atoms with van der Waals surface area (Å²) in [7, 11) is 1.67. The molecule has 7 heteroatoms. The molecule has 5 nitrogen and oxygen atoms in total. The normalized spacial score (nSPS) is 15.7. The van der Waals surface area contributed by atoms with Crippen LogP contribution < -0.4 is 15.4 Å². The zero-order valence-corrected chi connectivity index (χ0v) is 17.9. The van der Waals surface area contributed by atoms with Gasteiger partial charge in [0.05, 0.1) is 13.0 Å². The van der Waals surface area contributed by atoms with Crippen molar-refractivity contribution in [2.24, 2.45) is 11.7 Å². The molecule has 154 valence electrons. The zero-order valence-electron chi connectivity index (χ0n) is 16.3. The number of piperazine rings is 1. The van der Waals surface area contributed by atoms with E-state index in [1.165, 1.54) is 0 Å². The van der Waals surface area contributed by atoms with Gasteiger partial charge >= 0.3 is 0 Å². The predicted molar refractivity (Wildman–Crippen MR) is 119 cm³/mol. The molecule has 0 aliphatic carbocycles. The van der Waals surface area contributed by atoms with Gasteiger partial charge in [-0.25, -0.2) is 0 Å². The third-order valence-electron chi connectivity index (χ3n) is 5.12. The Kier molecular flexibility index (Phi) is 9.59. The lowest BCUT2D eigenvalue weighted by molar-refractivity contribution is -0.136. The van der Waals surface area contributed by atoms with Crippen molar-refractivity contribution in [1.82, 2.24) is 4.90 Å². The number of nitrogens with zero attached hydrogens (tertiary/aromatic N) is 2. The van der Waals surface area contributed by atoms with E-state index in [0.29, 0.717) is 13.1 Å². The lowest BCUT2D eigenvalue weighted by Crippen LogP contribution is -2.51. The molecule has 2 N–H and O–H groups in total. The molecule has 1 amide bonds. The Balaban J connectivity index is 0.00000196. The molecule has 1 heterocycles. The SMILES string of the molecule is COc1cccc(N2CCN(C(=O)C(C)C(N)c3ccccc3)CC2)c1.Cl.Cl. The Bertz CT molecular complexity index is 737. The number of carbonyl (C=O) groups is 1. The summed E-state index contributed by atoms with van der Waals surface area (Å²) in [4.78, 5) is 17.1. The second-order valence-corrected chi connectivity index (χ2v) is 6.74. The number of anilines is 1. The van der Waals surface area contributed by atoms with E-state index in [0.717, 1.165) is 30.1 Å². The fourth-order valence-corrected chi connectivity index (χ4v) is 3.40. The average Bonchev–Trinajstić information content (AvgIpc) is 2.73. The minimum Gasteiger partial charge on any atom is -0.497 e. The summed E-state index contributed by atoms with van der Waals surface area (Å²) in [6.45, 7) is 4.97. The van der Waals surface area contributed by atoms with Crippen LogP contribution in [0.1, 0.15) is 18.5 Å². The van der Waals surface area contributed by atoms with Crippen LogP contribution in [0.2, 0.25) is 0 Å². The highest BCUT2D eigenvalue weighted by Crippen LogP contribution is 2.24. The number of amides is 1. The first-order chi connectivity index (χ1) is 12.6. The van der Waals surface area contributed by atoms with Crippen molar-refractivity contribution in [1.29, 1.82) is 0 Å². The van der Waals surface area contributed by atoms with Crippen molar-refractivity contribution in [2.45, 2.75) is 13.0 Å². The molecule has 2 aromatic carbocycles. The minimum absolute atomic E-state index is 0. The molecule has 0 bridgehead atoms. The van der Waals surface area contributed by atoms with Crippen LogP contribution >= 0.6 is 24.8 Å². The minimum atomic E-state index is -0.278. The maximum absolute atomic E-state index is 12.9. The van der Waals surface area contributed by atoms with E-state index >= 15 is 0 Å². The third kappa shape index (κ3) is 5.53. The second kappa shape index (κ2) is 11.1. The highest BCUT2D eigenvalue weighted by atomic mass is 35.5. The molecule has 0 spiro atoms. The van der Waals surface area contributed by atoms with Crippen molar-refractivity contribution in [3.63, 3.8) is 0 Å². The Labute approximate surface area is 179 Å². The van der Waals surface area contributed by atoms with Crippen LogP contribution in [0, 0.1) is 5.92 Å². The lowest BCUT2D eigenvalue weighted by atomic mass is 9.94. The third-order valence-corrected chi connectivity index (χ3v) is 5.12. The number of hydrogen-bond donors (Lipinski definition) is 1. The summed E-state index contributed by atoms with van der Waals surface area (Å²) in [5.41, 5.74) is 8.46. The van der Waals surface area contributed by atoms with Crippen LogP contribution in [-0.4, -0.2) is 44.1 Å². The average molecular weight is 426 g/mol. The molecule has 1 saturated heterocycles. The molecule has 1 aliphatic heterocycles. The van der Waals surface area contributed by atoms with Gasteiger partial charge in [-0.2, -0.15) is 0 Å². The van der Waals surface area contributed by atoms with E-state index < -0.39 is 0 Å². The van der Waals surface area contributed by atoms with Crippen molar-refractivity contribution < 1.29 is 9.53 Å². The van der Waals surface area contributed by atoms with Gasteiger partial charge in [0.25, 0.3) is 0 Å². The molecule has 0 saturated carbocycles. The number of carbonyl (C=O) groups excluding carboxylic acids is 1. The molecule has 2 aromatic rings. The Morgan fingerprint density at radius 2 is 1.64 bits per heavy atom. The number of rotatable bonds is 5. The largest absolute Gasteiger partial charge is 0.497 e. The molecule has 0 radical (unpaired) electrons. The second-order valence-electron chi connectivity index (χ2n) is 6.74. The van der Waals surface area contributed by atoms with Crippen molar-refractivity contribution in [3.05, 3.63) is 60.2 Å². The van der Waals surface area contributed by atoms with E-state index in [1.54, 1.807) is 7.11 Å². The number of methoxy groups -OCH3 is 1. The summed E-state index contributed by atoms with van der Waals surface area (Å²) < 4.78 is 5.30. The van der Waals surface area contributed by atoms with Gasteiger partial charge in [0.2, 0.25) is 5.91 Å². The van der Waals surface area contributed by atoms with Crippen LogP contribution in [-0.2, 0) is 4.79 Å². The summed E-state index contributed by atoms with van der Waals surface area (Å²) in [5.74, 6) is 0.746. The molecule has 0 aromatic heterocycles. The fourth-order valence-electron chi connectivity index (χ4n) is 3.40. The Hall–Kier alpha value is -1.95. The van der Waals surface area contributed by atoms with Crippen LogP contribution in [0.25, 0.3) is 0 Å². The van der Waals surface area contributed by atoms with E-state index in [2.05, 4.69) is 11.0 Å². The number of nitrogens with two attached hydrogens (primary N) is 1. The first-order valence-corrected chi connectivity index (χ1v) is 9.08. The lowest BCUT2D eigenvalue weighted by Gasteiger charge is -2.38. The van der Waals surface area contributed by atoms with Gasteiger partial charge < -0.3 is 20.3 Å². The van der Waals surface area contributed by atoms with E-state index in [9.17, 15) is 4.79 Å². The van der Waals surface area contributed by atoms with Crippen LogP contribution in [0.4, 0.5) is 5.69 Å². The molecule has 1 aliphatic rings. The van der Waals surface area contributed by atoms with Crippen LogP contribution in [0.3, 0.4) is 0 Å². The number of halogens is 2. The van der Waals surface area contributed by atoms with Gasteiger partial charge in [0, 0.05) is 44.0 Å². The monoisotopic (exact) mass is 425 g/mol. The van der Waals surface area contributed by atoms with Gasteiger partial charge in [-0.15, -0.1) is 24.8 Å². The Morgan fingerprint density at radius 3 is 2.25 bits per heavy atom. The number of ether oxygens (including phenoxy) is 1. The van der Waals surface area contributed by atoms with E-state index in [4.69, 9.17) is 10.5 Å². The molecule has 1 fully saturated rings. The topological polar surface area (TPSA) is 58.8 Å². The molecule has 2 atom stereocenters. The predicted octanol–water partition coefficient (Wildman–Crippen LogP) is 3.52. The summed E-state index contributed by atoms with van der Waals surface area (Å²) in [5, 5.41) is 0. The van der Waals surface area contributed by atoms with Crippen LogP contribution in [0.5, 0.6) is 5.75 Å². The summed E-state index contributed by atoms with van der Waals surface area (Å²) >= 11 is 0. The summed E-state index contributed by atoms with van der Waals surface area (Å²) in [6, 6.07) is 17.6. The van der Waals surface area contributed by atoms with Crippen molar-refractivity contribution in [2.75, 3.05) is 38.2 Å². The quantitative estimate of drug-likeness (QED) is 0.795. The van der Waals surface area contributed by atoms with Gasteiger partial charge in [-0.3, -0.25) is 4.79 Å².